The Kier molecular flexibility index (Phi) is 7.18. The highest BCUT2D eigenvalue weighted by Crippen LogP contribution is 2.57. The molecule has 1 heterocycles. The van der Waals surface area contributed by atoms with E-state index in [1.54, 1.807) is 0 Å². The van der Waals surface area contributed by atoms with Gasteiger partial charge in [-0.15, -0.1) is 11.3 Å². The van der Waals surface area contributed by atoms with Crippen LogP contribution in [-0.2, 0) is 10.8 Å². The van der Waals surface area contributed by atoms with Crippen molar-refractivity contribution in [3.63, 3.8) is 0 Å². The van der Waals surface area contributed by atoms with Crippen LogP contribution >= 0.6 is 11.3 Å². The van der Waals surface area contributed by atoms with Gasteiger partial charge in [-0.2, -0.15) is 0 Å². The van der Waals surface area contributed by atoms with Gasteiger partial charge in [0.15, 0.2) is 0 Å². The SMILES string of the molecule is CC1(C)c2ccccc2-c2ccc(N(c3ccc(-c4ccccc4)cc3)c3ccc4sc5cc6c(c(-c7ccccc7)c5c4c3)-c3ccccc3C6(C)C)cc21. The number of hydrogen-bond acceptors (Lipinski definition) is 2. The average Bonchev–Trinajstić information content (AvgIpc) is 3.80. The Morgan fingerprint density at radius 1 is 0.375 bits per heavy atom. The number of thiophene rings is 1. The first-order chi connectivity index (χ1) is 27.3. The van der Waals surface area contributed by atoms with Crippen molar-refractivity contribution in [2.45, 2.75) is 38.5 Å². The van der Waals surface area contributed by atoms with E-state index in [0.717, 1.165) is 17.1 Å². The summed E-state index contributed by atoms with van der Waals surface area (Å²) in [7, 11) is 0. The molecule has 56 heavy (non-hydrogen) atoms. The lowest BCUT2D eigenvalue weighted by Gasteiger charge is -2.28. The number of anilines is 3. The van der Waals surface area contributed by atoms with Crippen molar-refractivity contribution >= 4 is 48.6 Å². The fraction of sp³-hybridized carbons (Fsp3) is 0.111. The van der Waals surface area contributed by atoms with Gasteiger partial charge in [0.05, 0.1) is 0 Å². The summed E-state index contributed by atoms with van der Waals surface area (Å²) in [6, 6.07) is 65.5. The van der Waals surface area contributed by atoms with Gasteiger partial charge in [0.1, 0.15) is 0 Å². The number of benzene rings is 8. The Morgan fingerprint density at radius 2 is 0.911 bits per heavy atom. The van der Waals surface area contributed by atoms with Crippen molar-refractivity contribution in [1.29, 1.82) is 0 Å². The Hall–Kier alpha value is -6.22. The summed E-state index contributed by atoms with van der Waals surface area (Å²) in [4.78, 5) is 2.46. The van der Waals surface area contributed by atoms with Crippen molar-refractivity contribution in [2.75, 3.05) is 4.90 Å². The standard InChI is InChI=1S/C54H41NS/c1-53(2)44-21-13-11-19-40(44)41-29-27-39(32-46(41)53)55(37-25-23-35(24-26-37)34-15-7-5-8-16-34)38-28-30-48-43(31-38)52-49(56-48)33-47-51(50(52)36-17-9-6-10-18-36)42-20-12-14-22-45(42)54(47,3)4/h5-33H,1-4H3. The topological polar surface area (TPSA) is 3.24 Å². The zero-order valence-corrected chi connectivity index (χ0v) is 32.9. The molecular formula is C54H41NS. The van der Waals surface area contributed by atoms with E-state index in [9.17, 15) is 0 Å². The lowest BCUT2D eigenvalue weighted by atomic mass is 9.81. The van der Waals surface area contributed by atoms with Crippen LogP contribution in [0.25, 0.3) is 64.7 Å². The second-order valence-electron chi connectivity index (χ2n) is 16.5. The van der Waals surface area contributed by atoms with Gasteiger partial charge in [0.2, 0.25) is 0 Å². The van der Waals surface area contributed by atoms with Gasteiger partial charge in [-0.1, -0.05) is 155 Å². The Balaban J connectivity index is 1.16. The molecule has 0 radical (unpaired) electrons. The largest absolute Gasteiger partial charge is 0.310 e. The maximum absolute atomic E-state index is 2.50. The molecule has 0 bridgehead atoms. The summed E-state index contributed by atoms with van der Waals surface area (Å²) in [6.07, 6.45) is 0. The molecule has 0 N–H and O–H groups in total. The minimum atomic E-state index is -0.104. The molecule has 2 heteroatoms. The Morgan fingerprint density at radius 3 is 1.64 bits per heavy atom. The van der Waals surface area contributed by atoms with Crippen LogP contribution < -0.4 is 4.90 Å². The monoisotopic (exact) mass is 735 g/mol. The number of hydrogen-bond donors (Lipinski definition) is 0. The fourth-order valence-electron chi connectivity index (χ4n) is 9.84. The lowest BCUT2D eigenvalue weighted by molar-refractivity contribution is 0.660. The number of rotatable bonds is 5. The molecule has 1 nitrogen and oxygen atoms in total. The Bertz CT molecular complexity index is 3000. The molecule has 1 aromatic heterocycles. The second-order valence-corrected chi connectivity index (χ2v) is 17.6. The third-order valence-corrected chi connectivity index (χ3v) is 13.8. The second kappa shape index (κ2) is 12.1. The van der Waals surface area contributed by atoms with E-state index in [2.05, 4.69) is 209 Å². The highest BCUT2D eigenvalue weighted by molar-refractivity contribution is 7.26. The van der Waals surface area contributed by atoms with E-state index in [0.29, 0.717) is 0 Å². The molecule has 2 aliphatic rings. The van der Waals surface area contributed by atoms with Crippen molar-refractivity contribution in [3.8, 4) is 44.5 Å². The molecule has 0 saturated heterocycles. The molecule has 0 fully saturated rings. The molecule has 11 rings (SSSR count). The summed E-state index contributed by atoms with van der Waals surface area (Å²) in [5.74, 6) is 0. The quantitative estimate of drug-likeness (QED) is 0.170. The highest BCUT2D eigenvalue weighted by atomic mass is 32.1. The van der Waals surface area contributed by atoms with Gasteiger partial charge in [0.25, 0.3) is 0 Å². The summed E-state index contributed by atoms with van der Waals surface area (Å²) in [5, 5.41) is 2.64. The predicted molar refractivity (Wildman–Crippen MR) is 240 cm³/mol. The van der Waals surface area contributed by atoms with E-state index in [4.69, 9.17) is 0 Å². The van der Waals surface area contributed by atoms with E-state index >= 15 is 0 Å². The van der Waals surface area contributed by atoms with Crippen LogP contribution in [-0.4, -0.2) is 0 Å². The molecule has 0 unspecified atom stereocenters. The Labute approximate surface area is 333 Å². The van der Waals surface area contributed by atoms with Gasteiger partial charge in [-0.25, -0.2) is 0 Å². The van der Waals surface area contributed by atoms with Crippen molar-refractivity contribution in [2.24, 2.45) is 0 Å². The summed E-state index contributed by atoms with van der Waals surface area (Å²) in [6.45, 7) is 9.52. The number of nitrogens with zero attached hydrogens (tertiary/aromatic N) is 1. The molecule has 8 aromatic carbocycles. The first-order valence-corrected chi connectivity index (χ1v) is 20.5. The molecular weight excluding hydrogens is 695 g/mol. The van der Waals surface area contributed by atoms with Crippen LogP contribution in [0.2, 0.25) is 0 Å². The van der Waals surface area contributed by atoms with Crippen LogP contribution in [0.3, 0.4) is 0 Å². The maximum Gasteiger partial charge on any atom is 0.0468 e. The molecule has 2 aliphatic carbocycles. The molecule has 268 valence electrons. The molecule has 9 aromatic rings. The van der Waals surface area contributed by atoms with Gasteiger partial charge >= 0.3 is 0 Å². The van der Waals surface area contributed by atoms with Gasteiger partial charge in [-0.05, 0) is 115 Å². The third-order valence-electron chi connectivity index (χ3n) is 12.7. The summed E-state index contributed by atoms with van der Waals surface area (Å²) < 4.78 is 2.65. The van der Waals surface area contributed by atoms with E-state index in [1.807, 2.05) is 11.3 Å². The third kappa shape index (κ3) is 4.79. The smallest absolute Gasteiger partial charge is 0.0468 e. The molecule has 0 saturated carbocycles. The van der Waals surface area contributed by atoms with E-state index in [-0.39, 0.29) is 10.8 Å². The maximum atomic E-state index is 2.50. The van der Waals surface area contributed by atoms with Crippen LogP contribution in [0, 0.1) is 0 Å². The molecule has 0 atom stereocenters. The fourth-order valence-corrected chi connectivity index (χ4v) is 11.0. The zero-order chi connectivity index (χ0) is 37.8. The molecule has 0 spiro atoms. The predicted octanol–water partition coefficient (Wildman–Crippen LogP) is 15.5. The first-order valence-electron chi connectivity index (χ1n) is 19.7. The van der Waals surface area contributed by atoms with E-state index in [1.165, 1.54) is 86.9 Å². The van der Waals surface area contributed by atoms with Crippen LogP contribution in [0.1, 0.15) is 49.9 Å². The van der Waals surface area contributed by atoms with Gasteiger partial charge < -0.3 is 4.90 Å². The van der Waals surface area contributed by atoms with Crippen molar-refractivity contribution < 1.29 is 0 Å². The van der Waals surface area contributed by atoms with Gasteiger partial charge in [-0.3, -0.25) is 0 Å². The first kappa shape index (κ1) is 33.1. The normalized spacial score (nSPS) is 14.4. The average molecular weight is 736 g/mol. The minimum Gasteiger partial charge on any atom is -0.310 e. The lowest BCUT2D eigenvalue weighted by Crippen LogP contribution is -2.16. The van der Waals surface area contributed by atoms with Gasteiger partial charge in [0, 0.05) is 48.1 Å². The molecule has 0 amide bonds. The summed E-state index contributed by atoms with van der Waals surface area (Å²) >= 11 is 1.92. The summed E-state index contributed by atoms with van der Waals surface area (Å²) in [5.41, 5.74) is 19.3. The highest BCUT2D eigenvalue weighted by Gasteiger charge is 2.39. The number of fused-ring (bicyclic) bond motifs is 9. The van der Waals surface area contributed by atoms with Crippen LogP contribution in [0.15, 0.2) is 176 Å². The van der Waals surface area contributed by atoms with Crippen molar-refractivity contribution in [3.05, 3.63) is 198 Å². The molecule has 0 aliphatic heterocycles. The van der Waals surface area contributed by atoms with Crippen LogP contribution in [0.5, 0.6) is 0 Å². The zero-order valence-electron chi connectivity index (χ0n) is 32.1. The van der Waals surface area contributed by atoms with Crippen LogP contribution in [0.4, 0.5) is 17.1 Å². The van der Waals surface area contributed by atoms with E-state index < -0.39 is 0 Å². The van der Waals surface area contributed by atoms with Crippen molar-refractivity contribution in [1.82, 2.24) is 0 Å². The minimum absolute atomic E-state index is 0.0886.